The van der Waals surface area contributed by atoms with Crippen LogP contribution in [-0.2, 0) is 4.79 Å². The lowest BCUT2D eigenvalue weighted by atomic mass is 10.00. The molecule has 106 valence electrons. The van der Waals surface area contributed by atoms with Crippen molar-refractivity contribution in [3.63, 3.8) is 0 Å². The van der Waals surface area contributed by atoms with Gasteiger partial charge in [-0.2, -0.15) is 5.26 Å². The zero-order chi connectivity index (χ0) is 15.4. The molecule has 0 aliphatic rings. The predicted molar refractivity (Wildman–Crippen MR) is 87.6 cm³/mol. The standard InChI is InChI=1S/C15H9BrCl2N2O/c16-10-6-12(17)14(13(18)7-10)20-15(21)11(8-19)9-4-2-1-3-5-9/h1-7,11H,(H,20,21). The van der Waals surface area contributed by atoms with Crippen molar-refractivity contribution >= 4 is 50.7 Å². The molecule has 21 heavy (non-hydrogen) atoms. The molecule has 0 fully saturated rings. The summed E-state index contributed by atoms with van der Waals surface area (Å²) >= 11 is 15.4. The van der Waals surface area contributed by atoms with E-state index in [0.29, 0.717) is 25.8 Å². The van der Waals surface area contributed by atoms with Gasteiger partial charge < -0.3 is 5.32 Å². The van der Waals surface area contributed by atoms with Gasteiger partial charge in [0.2, 0.25) is 5.91 Å². The molecule has 1 unspecified atom stereocenters. The highest BCUT2D eigenvalue weighted by Crippen LogP contribution is 2.34. The Balaban J connectivity index is 2.28. The molecule has 2 rings (SSSR count). The summed E-state index contributed by atoms with van der Waals surface area (Å²) in [5, 5.41) is 12.4. The van der Waals surface area contributed by atoms with Crippen LogP contribution in [0.1, 0.15) is 11.5 Å². The fraction of sp³-hybridized carbons (Fsp3) is 0.0667. The van der Waals surface area contributed by atoms with Crippen LogP contribution in [0.2, 0.25) is 10.0 Å². The molecular weight excluding hydrogens is 375 g/mol. The number of hydrogen-bond acceptors (Lipinski definition) is 2. The Morgan fingerprint density at radius 2 is 1.76 bits per heavy atom. The maximum atomic E-state index is 12.3. The Hall–Kier alpha value is -1.54. The fourth-order valence-electron chi connectivity index (χ4n) is 1.79. The monoisotopic (exact) mass is 382 g/mol. The van der Waals surface area contributed by atoms with Crippen molar-refractivity contribution in [2.24, 2.45) is 0 Å². The van der Waals surface area contributed by atoms with Crippen LogP contribution in [0.25, 0.3) is 0 Å². The van der Waals surface area contributed by atoms with Crippen LogP contribution in [0, 0.1) is 11.3 Å². The van der Waals surface area contributed by atoms with Gasteiger partial charge in [-0.3, -0.25) is 4.79 Å². The molecule has 0 spiro atoms. The Bertz CT molecular complexity index is 690. The van der Waals surface area contributed by atoms with Crippen LogP contribution in [0.4, 0.5) is 5.69 Å². The predicted octanol–water partition coefficient (Wildman–Crippen LogP) is 5.00. The Kier molecular flexibility index (Phi) is 5.24. The zero-order valence-electron chi connectivity index (χ0n) is 10.6. The first-order valence-corrected chi connectivity index (χ1v) is 7.48. The van der Waals surface area contributed by atoms with Crippen molar-refractivity contribution < 1.29 is 4.79 Å². The van der Waals surface area contributed by atoms with E-state index in [-0.39, 0.29) is 0 Å². The molecule has 0 saturated heterocycles. The molecule has 2 aromatic carbocycles. The van der Waals surface area contributed by atoms with Crippen LogP contribution in [0.5, 0.6) is 0 Å². The highest BCUT2D eigenvalue weighted by atomic mass is 79.9. The normalized spacial score (nSPS) is 11.5. The molecule has 0 radical (unpaired) electrons. The molecule has 2 aromatic rings. The number of carbonyl (C=O) groups excluding carboxylic acids is 1. The highest BCUT2D eigenvalue weighted by Gasteiger charge is 2.22. The van der Waals surface area contributed by atoms with Crippen LogP contribution in [0.3, 0.4) is 0 Å². The highest BCUT2D eigenvalue weighted by molar-refractivity contribution is 9.10. The van der Waals surface area contributed by atoms with Crippen molar-refractivity contribution in [3.8, 4) is 6.07 Å². The average Bonchev–Trinajstić information content (AvgIpc) is 2.45. The van der Waals surface area contributed by atoms with Crippen LogP contribution >= 0.6 is 39.1 Å². The van der Waals surface area contributed by atoms with Gasteiger partial charge in [0, 0.05) is 4.47 Å². The number of nitrogens with zero attached hydrogens (tertiary/aromatic N) is 1. The van der Waals surface area contributed by atoms with Gasteiger partial charge in [0.05, 0.1) is 21.8 Å². The van der Waals surface area contributed by atoms with E-state index in [9.17, 15) is 10.1 Å². The van der Waals surface area contributed by atoms with Crippen LogP contribution < -0.4 is 5.32 Å². The van der Waals surface area contributed by atoms with Crippen molar-refractivity contribution in [2.75, 3.05) is 5.32 Å². The van der Waals surface area contributed by atoms with Gasteiger partial charge in [0.15, 0.2) is 5.92 Å². The van der Waals surface area contributed by atoms with E-state index in [1.807, 2.05) is 12.1 Å². The molecule has 1 amide bonds. The van der Waals surface area contributed by atoms with E-state index >= 15 is 0 Å². The second-order valence-corrected chi connectivity index (χ2v) is 5.94. The summed E-state index contributed by atoms with van der Waals surface area (Å²) in [5.41, 5.74) is 0.907. The summed E-state index contributed by atoms with van der Waals surface area (Å²) < 4.78 is 0.704. The lowest BCUT2D eigenvalue weighted by Crippen LogP contribution is -2.20. The molecular formula is C15H9BrCl2N2O. The molecule has 0 bridgehead atoms. The molecule has 0 aromatic heterocycles. The number of halogens is 3. The first-order chi connectivity index (χ1) is 10.0. The minimum Gasteiger partial charge on any atom is -0.322 e. The number of hydrogen-bond donors (Lipinski definition) is 1. The lowest BCUT2D eigenvalue weighted by Gasteiger charge is -2.13. The summed E-state index contributed by atoms with van der Waals surface area (Å²) in [7, 11) is 0. The lowest BCUT2D eigenvalue weighted by molar-refractivity contribution is -0.116. The molecule has 3 nitrogen and oxygen atoms in total. The van der Waals surface area contributed by atoms with Crippen molar-refractivity contribution in [2.45, 2.75) is 5.92 Å². The topological polar surface area (TPSA) is 52.9 Å². The largest absolute Gasteiger partial charge is 0.322 e. The summed E-state index contributed by atoms with van der Waals surface area (Å²) in [5.74, 6) is -1.41. The summed E-state index contributed by atoms with van der Waals surface area (Å²) in [6.45, 7) is 0. The fourth-order valence-corrected chi connectivity index (χ4v) is 3.09. The summed E-state index contributed by atoms with van der Waals surface area (Å²) in [4.78, 5) is 12.3. The third-order valence-electron chi connectivity index (χ3n) is 2.78. The number of nitriles is 1. The van der Waals surface area contributed by atoms with Gasteiger partial charge in [-0.25, -0.2) is 0 Å². The first-order valence-electron chi connectivity index (χ1n) is 5.93. The third kappa shape index (κ3) is 3.76. The summed E-state index contributed by atoms with van der Waals surface area (Å²) in [6.07, 6.45) is 0. The quantitative estimate of drug-likeness (QED) is 0.810. The van der Waals surface area contributed by atoms with Gasteiger partial charge in [0.1, 0.15) is 0 Å². The number of carbonyl (C=O) groups is 1. The average molecular weight is 384 g/mol. The third-order valence-corrected chi connectivity index (χ3v) is 3.83. The number of benzene rings is 2. The number of anilines is 1. The molecule has 0 heterocycles. The number of nitrogens with one attached hydrogen (secondary N) is 1. The van der Waals surface area contributed by atoms with E-state index in [2.05, 4.69) is 21.2 Å². The molecule has 1 atom stereocenters. The molecule has 0 aliphatic heterocycles. The second-order valence-electron chi connectivity index (χ2n) is 4.21. The van der Waals surface area contributed by atoms with Gasteiger partial charge in [0.25, 0.3) is 0 Å². The van der Waals surface area contributed by atoms with E-state index in [1.54, 1.807) is 36.4 Å². The Morgan fingerprint density at radius 1 is 1.19 bits per heavy atom. The van der Waals surface area contributed by atoms with Gasteiger partial charge >= 0.3 is 0 Å². The van der Waals surface area contributed by atoms with E-state index in [0.717, 1.165) is 0 Å². The SMILES string of the molecule is N#CC(C(=O)Nc1c(Cl)cc(Br)cc1Cl)c1ccccc1. The van der Waals surface area contributed by atoms with Crippen molar-refractivity contribution in [1.29, 1.82) is 5.26 Å². The van der Waals surface area contributed by atoms with Crippen LogP contribution in [0.15, 0.2) is 46.9 Å². The Labute approximate surface area is 140 Å². The molecule has 1 N–H and O–H groups in total. The first kappa shape index (κ1) is 15.8. The minimum absolute atomic E-state index is 0.294. The maximum absolute atomic E-state index is 12.3. The van der Waals surface area contributed by atoms with Crippen molar-refractivity contribution in [1.82, 2.24) is 0 Å². The van der Waals surface area contributed by atoms with Gasteiger partial charge in [-0.15, -0.1) is 0 Å². The van der Waals surface area contributed by atoms with E-state index in [1.165, 1.54) is 0 Å². The molecule has 0 saturated carbocycles. The Morgan fingerprint density at radius 3 is 2.29 bits per heavy atom. The van der Waals surface area contributed by atoms with Crippen molar-refractivity contribution in [3.05, 3.63) is 62.5 Å². The second kappa shape index (κ2) is 6.95. The minimum atomic E-state index is -0.929. The maximum Gasteiger partial charge on any atom is 0.246 e. The van der Waals surface area contributed by atoms with Gasteiger partial charge in [-0.05, 0) is 17.7 Å². The molecule has 0 aliphatic carbocycles. The number of rotatable bonds is 3. The number of amides is 1. The molecule has 6 heteroatoms. The van der Waals surface area contributed by atoms with Gasteiger partial charge in [-0.1, -0.05) is 69.5 Å². The van der Waals surface area contributed by atoms with E-state index < -0.39 is 11.8 Å². The van der Waals surface area contributed by atoms with E-state index in [4.69, 9.17) is 23.2 Å². The summed E-state index contributed by atoms with van der Waals surface area (Å²) in [6, 6.07) is 14.0. The zero-order valence-corrected chi connectivity index (χ0v) is 13.7. The van der Waals surface area contributed by atoms with Crippen LogP contribution in [-0.4, -0.2) is 5.91 Å². The smallest absolute Gasteiger partial charge is 0.246 e.